The molecule has 9 heteroatoms. The molecule has 0 aromatic heterocycles. The first-order chi connectivity index (χ1) is 9.62. The fourth-order valence-electron chi connectivity index (χ4n) is 1.72. The maximum absolute atomic E-state index is 12.0. The predicted molar refractivity (Wildman–Crippen MR) is 79.5 cm³/mol. The standard InChI is InChI=1S/C12H15BrN2O5S/c1-7-9(12(18)15-4-2-3-11(16)17)5-8(13)6-10(7)21(14,19)20/h5-6H,2-4H2,1H3,(H,15,18)(H,16,17)(H2,14,19,20). The van der Waals surface area contributed by atoms with E-state index in [1.54, 1.807) is 0 Å². The van der Waals surface area contributed by atoms with Crippen LogP contribution in [0.1, 0.15) is 28.8 Å². The molecule has 0 bridgehead atoms. The fraction of sp³-hybridized carbons (Fsp3) is 0.333. The number of carbonyl (C=O) groups is 2. The van der Waals surface area contributed by atoms with E-state index in [9.17, 15) is 18.0 Å². The molecule has 0 saturated heterocycles. The zero-order valence-electron chi connectivity index (χ0n) is 11.2. The normalized spacial score (nSPS) is 11.2. The minimum Gasteiger partial charge on any atom is -0.481 e. The second-order valence-corrected chi connectivity index (χ2v) is 6.82. The van der Waals surface area contributed by atoms with Gasteiger partial charge in [0.25, 0.3) is 5.91 Å². The highest BCUT2D eigenvalue weighted by Crippen LogP contribution is 2.24. The van der Waals surface area contributed by atoms with Crippen LogP contribution in [-0.2, 0) is 14.8 Å². The van der Waals surface area contributed by atoms with Crippen molar-refractivity contribution >= 4 is 37.8 Å². The van der Waals surface area contributed by atoms with E-state index in [-0.39, 0.29) is 35.4 Å². The number of primary sulfonamides is 1. The molecule has 0 atom stereocenters. The summed E-state index contributed by atoms with van der Waals surface area (Å²) in [5, 5.41) is 16.1. The summed E-state index contributed by atoms with van der Waals surface area (Å²) in [6.07, 6.45) is 0.232. The van der Waals surface area contributed by atoms with E-state index in [0.29, 0.717) is 4.47 Å². The SMILES string of the molecule is Cc1c(C(=O)NCCCC(=O)O)cc(Br)cc1S(N)(=O)=O. The van der Waals surface area contributed by atoms with Crippen LogP contribution in [0.4, 0.5) is 0 Å². The lowest BCUT2D eigenvalue weighted by Crippen LogP contribution is -2.26. The van der Waals surface area contributed by atoms with Crippen molar-refractivity contribution < 1.29 is 23.1 Å². The lowest BCUT2D eigenvalue weighted by atomic mass is 10.1. The monoisotopic (exact) mass is 378 g/mol. The van der Waals surface area contributed by atoms with E-state index in [2.05, 4.69) is 21.2 Å². The van der Waals surface area contributed by atoms with Crippen LogP contribution < -0.4 is 10.5 Å². The highest BCUT2D eigenvalue weighted by Gasteiger charge is 2.19. The number of hydrogen-bond donors (Lipinski definition) is 3. The third kappa shape index (κ3) is 5.10. The number of carboxylic acid groups (broad SMARTS) is 1. The van der Waals surface area contributed by atoms with Crippen LogP contribution in [-0.4, -0.2) is 31.9 Å². The average molecular weight is 379 g/mol. The molecule has 21 heavy (non-hydrogen) atoms. The van der Waals surface area contributed by atoms with Crippen molar-refractivity contribution in [3.63, 3.8) is 0 Å². The van der Waals surface area contributed by atoms with E-state index in [0.717, 1.165) is 0 Å². The van der Waals surface area contributed by atoms with Gasteiger partial charge in [-0.25, -0.2) is 13.6 Å². The second-order valence-electron chi connectivity index (χ2n) is 4.37. The van der Waals surface area contributed by atoms with E-state index in [4.69, 9.17) is 10.2 Å². The van der Waals surface area contributed by atoms with Crippen molar-refractivity contribution in [3.8, 4) is 0 Å². The third-order valence-electron chi connectivity index (χ3n) is 2.73. The van der Waals surface area contributed by atoms with Gasteiger partial charge in [-0.15, -0.1) is 0 Å². The van der Waals surface area contributed by atoms with E-state index < -0.39 is 21.9 Å². The van der Waals surface area contributed by atoms with Gasteiger partial charge in [0.1, 0.15) is 0 Å². The number of halogens is 1. The molecule has 4 N–H and O–H groups in total. The first-order valence-corrected chi connectivity index (χ1v) is 8.30. The topological polar surface area (TPSA) is 127 Å². The molecule has 0 aliphatic rings. The number of benzene rings is 1. The van der Waals surface area contributed by atoms with Gasteiger partial charge < -0.3 is 10.4 Å². The molecular formula is C12H15BrN2O5S. The molecule has 0 spiro atoms. The van der Waals surface area contributed by atoms with Gasteiger partial charge in [-0.05, 0) is 31.0 Å². The van der Waals surface area contributed by atoms with Crippen molar-refractivity contribution in [1.29, 1.82) is 0 Å². The average Bonchev–Trinajstić information content (AvgIpc) is 2.35. The molecule has 0 aliphatic heterocycles. The summed E-state index contributed by atoms with van der Waals surface area (Å²) in [6, 6.07) is 2.81. The second kappa shape index (κ2) is 7.01. The quantitative estimate of drug-likeness (QED) is 0.636. The molecule has 1 rings (SSSR count). The summed E-state index contributed by atoms with van der Waals surface area (Å²) in [5.41, 5.74) is 0.417. The van der Waals surface area contributed by atoms with Crippen molar-refractivity contribution in [3.05, 3.63) is 27.7 Å². The van der Waals surface area contributed by atoms with Crippen molar-refractivity contribution in [1.82, 2.24) is 5.32 Å². The van der Waals surface area contributed by atoms with Gasteiger partial charge >= 0.3 is 5.97 Å². The maximum Gasteiger partial charge on any atom is 0.303 e. The predicted octanol–water partition coefficient (Wildman–Crippen LogP) is 1.000. The van der Waals surface area contributed by atoms with Crippen LogP contribution in [0.25, 0.3) is 0 Å². The van der Waals surface area contributed by atoms with E-state index in [1.165, 1.54) is 19.1 Å². The summed E-state index contributed by atoms with van der Waals surface area (Å²) in [6.45, 7) is 1.67. The molecule has 1 aromatic carbocycles. The fourth-order valence-corrected chi connectivity index (χ4v) is 3.16. The first kappa shape index (κ1) is 17.6. The van der Waals surface area contributed by atoms with Gasteiger partial charge in [-0.1, -0.05) is 15.9 Å². The van der Waals surface area contributed by atoms with E-state index in [1.807, 2.05) is 0 Å². The Morgan fingerprint density at radius 2 is 2.00 bits per heavy atom. The van der Waals surface area contributed by atoms with Crippen LogP contribution in [0.15, 0.2) is 21.5 Å². The number of sulfonamides is 1. The molecule has 7 nitrogen and oxygen atoms in total. The van der Waals surface area contributed by atoms with Gasteiger partial charge in [0.15, 0.2) is 0 Å². The summed E-state index contributed by atoms with van der Waals surface area (Å²) in [4.78, 5) is 22.3. The number of carboxylic acids is 1. The lowest BCUT2D eigenvalue weighted by Gasteiger charge is -2.11. The molecule has 1 aromatic rings. The summed E-state index contributed by atoms with van der Waals surface area (Å²) in [7, 11) is -3.94. The Morgan fingerprint density at radius 1 is 1.38 bits per heavy atom. The summed E-state index contributed by atoms with van der Waals surface area (Å²) < 4.78 is 23.4. The van der Waals surface area contributed by atoms with Crippen molar-refractivity contribution in [2.75, 3.05) is 6.54 Å². The Hall–Kier alpha value is -1.45. The first-order valence-electron chi connectivity index (χ1n) is 5.96. The maximum atomic E-state index is 12.0. The molecule has 0 fully saturated rings. The number of rotatable bonds is 6. The largest absolute Gasteiger partial charge is 0.481 e. The third-order valence-corrected chi connectivity index (χ3v) is 4.22. The van der Waals surface area contributed by atoms with Gasteiger partial charge in [0, 0.05) is 23.0 Å². The zero-order chi connectivity index (χ0) is 16.2. The number of aliphatic carboxylic acids is 1. The van der Waals surface area contributed by atoms with Crippen LogP contribution in [0.3, 0.4) is 0 Å². The van der Waals surface area contributed by atoms with Crippen molar-refractivity contribution in [2.24, 2.45) is 5.14 Å². The van der Waals surface area contributed by atoms with Crippen LogP contribution in [0.5, 0.6) is 0 Å². The Kier molecular flexibility index (Phi) is 5.87. The van der Waals surface area contributed by atoms with Gasteiger partial charge in [0.05, 0.1) is 4.90 Å². The molecule has 0 heterocycles. The molecule has 0 aliphatic carbocycles. The highest BCUT2D eigenvalue weighted by atomic mass is 79.9. The minimum absolute atomic E-state index is 0.0554. The molecular weight excluding hydrogens is 364 g/mol. The van der Waals surface area contributed by atoms with Crippen LogP contribution >= 0.6 is 15.9 Å². The molecule has 1 amide bonds. The number of hydrogen-bond acceptors (Lipinski definition) is 4. The number of nitrogens with two attached hydrogens (primary N) is 1. The van der Waals surface area contributed by atoms with Crippen LogP contribution in [0.2, 0.25) is 0 Å². The number of carbonyl (C=O) groups excluding carboxylic acids is 1. The Balaban J connectivity index is 2.95. The molecule has 0 unspecified atom stereocenters. The van der Waals surface area contributed by atoms with Gasteiger partial charge in [0.2, 0.25) is 10.0 Å². The molecule has 0 radical (unpaired) electrons. The Bertz CT molecular complexity index is 672. The van der Waals surface area contributed by atoms with Crippen LogP contribution in [0, 0.1) is 6.92 Å². The summed E-state index contributed by atoms with van der Waals surface area (Å²) >= 11 is 3.13. The number of nitrogens with one attached hydrogen (secondary N) is 1. The smallest absolute Gasteiger partial charge is 0.303 e. The lowest BCUT2D eigenvalue weighted by molar-refractivity contribution is -0.137. The van der Waals surface area contributed by atoms with Gasteiger partial charge in [-0.2, -0.15) is 0 Å². The zero-order valence-corrected chi connectivity index (χ0v) is 13.6. The summed E-state index contributed by atoms with van der Waals surface area (Å²) in [5.74, 6) is -1.43. The molecule has 116 valence electrons. The Labute approximate surface area is 130 Å². The van der Waals surface area contributed by atoms with Crippen molar-refractivity contribution in [2.45, 2.75) is 24.7 Å². The highest BCUT2D eigenvalue weighted by molar-refractivity contribution is 9.10. The number of amides is 1. The van der Waals surface area contributed by atoms with Gasteiger partial charge in [-0.3, -0.25) is 9.59 Å². The Morgan fingerprint density at radius 3 is 2.52 bits per heavy atom. The van der Waals surface area contributed by atoms with E-state index >= 15 is 0 Å². The molecule has 0 saturated carbocycles. The minimum atomic E-state index is -3.94.